The van der Waals surface area contributed by atoms with Crippen molar-refractivity contribution in [3.63, 3.8) is 0 Å². The fourth-order valence-electron chi connectivity index (χ4n) is 1.70. The van der Waals surface area contributed by atoms with Gasteiger partial charge < -0.3 is 9.80 Å². The minimum Gasteiger partial charge on any atom is -0.361 e. The average Bonchev–Trinajstić information content (AvgIpc) is 2.83. The highest BCUT2D eigenvalue weighted by Gasteiger charge is 2.19. The Morgan fingerprint density at radius 3 is 2.58 bits per heavy atom. The van der Waals surface area contributed by atoms with Crippen molar-refractivity contribution in [3.05, 3.63) is 39.1 Å². The quantitative estimate of drug-likeness (QED) is 0.861. The first kappa shape index (κ1) is 14.0. The first-order chi connectivity index (χ1) is 9.00. The lowest BCUT2D eigenvalue weighted by Crippen LogP contribution is -2.27. The number of amides is 1. The van der Waals surface area contributed by atoms with E-state index in [9.17, 15) is 4.79 Å². The van der Waals surface area contributed by atoms with E-state index in [0.717, 1.165) is 15.3 Å². The van der Waals surface area contributed by atoms with Crippen LogP contribution in [0.2, 0.25) is 0 Å². The van der Waals surface area contributed by atoms with Gasteiger partial charge in [0.2, 0.25) is 0 Å². The van der Waals surface area contributed by atoms with Crippen molar-refractivity contribution in [2.24, 2.45) is 0 Å². The van der Waals surface area contributed by atoms with Gasteiger partial charge in [-0.15, -0.1) is 11.3 Å². The van der Waals surface area contributed by atoms with E-state index in [-0.39, 0.29) is 5.91 Å². The molecular weight excluding hydrogens is 326 g/mol. The molecule has 0 fully saturated rings. The minimum atomic E-state index is -0.0354. The number of halogens is 1. The van der Waals surface area contributed by atoms with Crippen molar-refractivity contribution in [2.75, 3.05) is 30.9 Å². The van der Waals surface area contributed by atoms with Gasteiger partial charge in [0.25, 0.3) is 5.91 Å². The van der Waals surface area contributed by atoms with Crippen molar-refractivity contribution in [2.45, 2.75) is 0 Å². The van der Waals surface area contributed by atoms with Crippen LogP contribution in [0.3, 0.4) is 0 Å². The predicted octanol–water partition coefficient (Wildman–Crippen LogP) is 3.25. The summed E-state index contributed by atoms with van der Waals surface area (Å²) in [6, 6.07) is 7.42. The largest absolute Gasteiger partial charge is 0.361 e. The molecule has 0 saturated carbocycles. The van der Waals surface area contributed by atoms with Crippen LogP contribution in [0.1, 0.15) is 9.67 Å². The number of hydrogen-bond acceptors (Lipinski definition) is 4. The van der Waals surface area contributed by atoms with Crippen LogP contribution in [-0.2, 0) is 0 Å². The standard InChI is InChI=1S/C13H14BrN3OS/c1-16(2)12-9(5-4-8-15-12)17(3)13(18)10-6-7-11(14)19-10/h4-8H,1-3H3. The molecule has 0 bridgehead atoms. The molecule has 2 heterocycles. The predicted molar refractivity (Wildman–Crippen MR) is 83.3 cm³/mol. The van der Waals surface area contributed by atoms with Gasteiger partial charge in [-0.25, -0.2) is 4.98 Å². The van der Waals surface area contributed by atoms with Crippen LogP contribution in [0, 0.1) is 0 Å². The molecular formula is C13H14BrN3OS. The summed E-state index contributed by atoms with van der Waals surface area (Å²) in [6.45, 7) is 0. The van der Waals surface area contributed by atoms with E-state index >= 15 is 0 Å². The summed E-state index contributed by atoms with van der Waals surface area (Å²) >= 11 is 4.80. The number of thiophene rings is 1. The molecule has 0 unspecified atom stereocenters. The monoisotopic (exact) mass is 339 g/mol. The van der Waals surface area contributed by atoms with Gasteiger partial charge in [-0.1, -0.05) is 0 Å². The van der Waals surface area contributed by atoms with Gasteiger partial charge in [-0.3, -0.25) is 4.79 Å². The summed E-state index contributed by atoms with van der Waals surface area (Å²) < 4.78 is 0.947. The molecule has 1 amide bonds. The van der Waals surface area contributed by atoms with Crippen molar-refractivity contribution >= 4 is 44.7 Å². The minimum absolute atomic E-state index is 0.0354. The number of rotatable bonds is 3. The Hall–Kier alpha value is -1.40. The number of aromatic nitrogens is 1. The Morgan fingerprint density at radius 2 is 2.00 bits per heavy atom. The zero-order valence-corrected chi connectivity index (χ0v) is 13.3. The Balaban J connectivity index is 2.34. The maximum Gasteiger partial charge on any atom is 0.268 e. The molecule has 0 N–H and O–H groups in total. The number of pyridine rings is 1. The molecule has 6 heteroatoms. The summed E-state index contributed by atoms with van der Waals surface area (Å²) in [6.07, 6.45) is 1.72. The van der Waals surface area contributed by atoms with E-state index in [1.54, 1.807) is 18.1 Å². The van der Waals surface area contributed by atoms with Gasteiger partial charge in [0.15, 0.2) is 5.82 Å². The molecule has 0 aliphatic carbocycles. The third-order valence-corrected chi connectivity index (χ3v) is 4.25. The van der Waals surface area contributed by atoms with Crippen LogP contribution in [0.4, 0.5) is 11.5 Å². The molecule has 4 nitrogen and oxygen atoms in total. The fourth-order valence-corrected chi connectivity index (χ4v) is 3.06. The Kier molecular flexibility index (Phi) is 4.21. The van der Waals surface area contributed by atoms with Crippen molar-refractivity contribution in [1.29, 1.82) is 0 Å². The van der Waals surface area contributed by atoms with Crippen LogP contribution in [0.25, 0.3) is 0 Å². The molecule has 0 saturated heterocycles. The molecule has 100 valence electrons. The van der Waals surface area contributed by atoms with E-state index in [1.165, 1.54) is 11.3 Å². The van der Waals surface area contributed by atoms with E-state index in [2.05, 4.69) is 20.9 Å². The second-order valence-corrected chi connectivity index (χ2v) is 6.67. The third-order valence-electron chi connectivity index (χ3n) is 2.64. The second kappa shape index (κ2) is 5.71. The summed E-state index contributed by atoms with van der Waals surface area (Å²) in [5, 5.41) is 0. The zero-order chi connectivity index (χ0) is 14.0. The molecule has 19 heavy (non-hydrogen) atoms. The molecule has 2 rings (SSSR count). The summed E-state index contributed by atoms with van der Waals surface area (Å²) in [4.78, 5) is 20.9. The number of carbonyl (C=O) groups excluding carboxylic acids is 1. The average molecular weight is 340 g/mol. The van der Waals surface area contributed by atoms with Crippen LogP contribution in [0.15, 0.2) is 34.2 Å². The summed E-state index contributed by atoms with van der Waals surface area (Å²) in [5.74, 6) is 0.737. The Bertz CT molecular complexity index is 597. The lowest BCUT2D eigenvalue weighted by atomic mass is 10.3. The van der Waals surface area contributed by atoms with Gasteiger partial charge in [0, 0.05) is 27.3 Å². The lowest BCUT2D eigenvalue weighted by molar-refractivity contribution is 0.0997. The van der Waals surface area contributed by atoms with Crippen molar-refractivity contribution < 1.29 is 4.79 Å². The molecule has 0 aliphatic rings. The smallest absolute Gasteiger partial charge is 0.268 e. The number of anilines is 2. The molecule has 0 radical (unpaired) electrons. The highest BCUT2D eigenvalue weighted by Crippen LogP contribution is 2.28. The molecule has 0 spiro atoms. The van der Waals surface area contributed by atoms with E-state index < -0.39 is 0 Å². The summed E-state index contributed by atoms with van der Waals surface area (Å²) in [7, 11) is 5.58. The van der Waals surface area contributed by atoms with E-state index in [1.807, 2.05) is 43.3 Å². The van der Waals surface area contributed by atoms with Crippen LogP contribution in [0.5, 0.6) is 0 Å². The molecule has 2 aromatic rings. The Morgan fingerprint density at radius 1 is 1.26 bits per heavy atom. The molecule has 0 aromatic carbocycles. The number of hydrogen-bond donors (Lipinski definition) is 0. The van der Waals surface area contributed by atoms with Crippen LogP contribution in [-0.4, -0.2) is 32.0 Å². The lowest BCUT2D eigenvalue weighted by Gasteiger charge is -2.22. The SMILES string of the molecule is CN(C)c1ncccc1N(C)C(=O)c1ccc(Br)s1. The Labute approximate surface area is 124 Å². The first-order valence-corrected chi connectivity index (χ1v) is 7.27. The van der Waals surface area contributed by atoms with Gasteiger partial charge in [-0.05, 0) is 40.2 Å². The molecule has 0 aliphatic heterocycles. The first-order valence-electron chi connectivity index (χ1n) is 5.66. The van der Waals surface area contributed by atoms with Crippen molar-refractivity contribution in [1.82, 2.24) is 4.98 Å². The van der Waals surface area contributed by atoms with Crippen molar-refractivity contribution in [3.8, 4) is 0 Å². The summed E-state index contributed by atoms with van der Waals surface area (Å²) in [5.41, 5.74) is 0.794. The highest BCUT2D eigenvalue weighted by atomic mass is 79.9. The van der Waals surface area contributed by atoms with Gasteiger partial charge in [-0.2, -0.15) is 0 Å². The van der Waals surface area contributed by atoms with E-state index in [0.29, 0.717) is 4.88 Å². The zero-order valence-electron chi connectivity index (χ0n) is 10.9. The van der Waals surface area contributed by atoms with Gasteiger partial charge in [0.05, 0.1) is 14.4 Å². The second-order valence-electron chi connectivity index (χ2n) is 4.21. The van der Waals surface area contributed by atoms with Crippen LogP contribution < -0.4 is 9.80 Å². The normalized spacial score (nSPS) is 10.3. The topological polar surface area (TPSA) is 36.4 Å². The van der Waals surface area contributed by atoms with Gasteiger partial charge in [0.1, 0.15) is 0 Å². The highest BCUT2D eigenvalue weighted by molar-refractivity contribution is 9.11. The third kappa shape index (κ3) is 2.96. The fraction of sp³-hybridized carbons (Fsp3) is 0.231. The maximum absolute atomic E-state index is 12.4. The number of carbonyl (C=O) groups is 1. The molecule has 0 atom stereocenters. The van der Waals surface area contributed by atoms with Crippen LogP contribution >= 0.6 is 27.3 Å². The van der Waals surface area contributed by atoms with E-state index in [4.69, 9.17) is 0 Å². The maximum atomic E-state index is 12.4. The number of nitrogens with zero attached hydrogens (tertiary/aromatic N) is 3. The van der Waals surface area contributed by atoms with Gasteiger partial charge >= 0.3 is 0 Å². The molecule has 2 aromatic heterocycles.